The minimum atomic E-state index is -1.65. The van der Waals surface area contributed by atoms with E-state index in [-0.39, 0.29) is 51.9 Å². The van der Waals surface area contributed by atoms with Crippen molar-refractivity contribution < 1.29 is 29.0 Å². The van der Waals surface area contributed by atoms with Crippen LogP contribution in [-0.2, 0) is 23.9 Å². The zero-order valence-electron chi connectivity index (χ0n) is 17.9. The fourth-order valence-electron chi connectivity index (χ4n) is 7.66. The molecule has 4 aliphatic rings. The molecule has 30 heavy (non-hydrogen) atoms. The lowest BCUT2D eigenvalue weighted by Gasteiger charge is -2.60. The van der Waals surface area contributed by atoms with Gasteiger partial charge >= 0.3 is 5.97 Å². The van der Waals surface area contributed by atoms with Gasteiger partial charge in [0.2, 0.25) is 5.78 Å². The van der Waals surface area contributed by atoms with Crippen LogP contribution in [0.25, 0.3) is 0 Å². The summed E-state index contributed by atoms with van der Waals surface area (Å²) < 4.78 is 4.88. The van der Waals surface area contributed by atoms with E-state index in [4.69, 9.17) is 4.74 Å². The molecule has 0 spiro atoms. The van der Waals surface area contributed by atoms with Gasteiger partial charge in [-0.3, -0.25) is 19.2 Å². The highest BCUT2D eigenvalue weighted by Gasteiger charge is 2.69. The second-order valence-electron chi connectivity index (χ2n) is 10.5. The summed E-state index contributed by atoms with van der Waals surface area (Å²) in [4.78, 5) is 49.7. The summed E-state index contributed by atoms with van der Waals surface area (Å²) in [5.41, 5.74) is -2.72. The van der Waals surface area contributed by atoms with Crippen LogP contribution in [-0.4, -0.2) is 45.5 Å². The van der Waals surface area contributed by atoms with E-state index in [0.717, 1.165) is 19.3 Å². The first-order valence-electron chi connectivity index (χ1n) is 11.0. The van der Waals surface area contributed by atoms with Gasteiger partial charge in [0.25, 0.3) is 0 Å². The Balaban J connectivity index is 1.65. The molecule has 4 fully saturated rings. The van der Waals surface area contributed by atoms with Crippen LogP contribution in [0, 0.1) is 34.5 Å². The van der Waals surface area contributed by atoms with Gasteiger partial charge in [0.1, 0.15) is 17.2 Å². The largest absolute Gasteiger partial charge is 0.458 e. The molecule has 0 aromatic carbocycles. The van der Waals surface area contributed by atoms with Crippen LogP contribution in [0.4, 0.5) is 0 Å². The molecule has 7 heteroatoms. The van der Waals surface area contributed by atoms with Gasteiger partial charge in [-0.25, -0.2) is 0 Å². The normalized spacial score (nSPS) is 47.8. The van der Waals surface area contributed by atoms with Crippen LogP contribution in [0.15, 0.2) is 0 Å². The van der Waals surface area contributed by atoms with Gasteiger partial charge in [-0.1, -0.05) is 29.8 Å². The summed E-state index contributed by atoms with van der Waals surface area (Å²) in [5, 5.41) is 11.5. The highest BCUT2D eigenvalue weighted by Crippen LogP contribution is 2.67. The van der Waals surface area contributed by atoms with Gasteiger partial charge in [-0.15, -0.1) is 0 Å². The Hall–Kier alpha value is -1.08. The lowest BCUT2D eigenvalue weighted by Crippen LogP contribution is -2.63. The molecule has 4 rings (SSSR count). The van der Waals surface area contributed by atoms with Crippen LogP contribution in [0.2, 0.25) is 0 Å². The Morgan fingerprint density at radius 3 is 2.47 bits per heavy atom. The van der Waals surface area contributed by atoms with E-state index in [1.807, 2.05) is 6.92 Å². The molecule has 0 radical (unpaired) electrons. The van der Waals surface area contributed by atoms with E-state index in [1.165, 1.54) is 6.92 Å². The molecule has 166 valence electrons. The fourth-order valence-corrected chi connectivity index (χ4v) is 8.76. The summed E-state index contributed by atoms with van der Waals surface area (Å²) in [6, 6.07) is 0. The second kappa shape index (κ2) is 7.22. The first-order chi connectivity index (χ1) is 14.0. The minimum absolute atomic E-state index is 0.0654. The van der Waals surface area contributed by atoms with Crippen LogP contribution >= 0.6 is 15.9 Å². The zero-order valence-corrected chi connectivity index (χ0v) is 19.5. The average molecular weight is 483 g/mol. The highest BCUT2D eigenvalue weighted by molar-refractivity contribution is 9.10. The molecule has 1 N–H and O–H groups in total. The van der Waals surface area contributed by atoms with E-state index < -0.39 is 29.4 Å². The number of rotatable bonds is 3. The van der Waals surface area contributed by atoms with Crippen molar-refractivity contribution in [3.63, 3.8) is 0 Å². The smallest absolute Gasteiger partial charge is 0.303 e. The lowest BCUT2D eigenvalue weighted by atomic mass is 9.44. The number of ketones is 3. The quantitative estimate of drug-likeness (QED) is 0.490. The predicted octanol–water partition coefficient (Wildman–Crippen LogP) is 3.01. The van der Waals surface area contributed by atoms with E-state index in [0.29, 0.717) is 19.3 Å². The average Bonchev–Trinajstić information content (AvgIpc) is 2.94. The molecule has 0 unspecified atom stereocenters. The summed E-state index contributed by atoms with van der Waals surface area (Å²) >= 11 is 3.61. The molecule has 8 atom stereocenters. The van der Waals surface area contributed by atoms with Gasteiger partial charge in [0, 0.05) is 31.1 Å². The third-order valence-corrected chi connectivity index (χ3v) is 10.4. The van der Waals surface area contributed by atoms with E-state index in [2.05, 4.69) is 22.9 Å². The maximum absolute atomic E-state index is 13.6. The first-order valence-corrected chi connectivity index (χ1v) is 12.0. The van der Waals surface area contributed by atoms with E-state index >= 15 is 0 Å². The molecular formula is C23H31BrO6. The maximum Gasteiger partial charge on any atom is 0.303 e. The number of halogens is 1. The molecule has 0 bridgehead atoms. The van der Waals surface area contributed by atoms with Crippen molar-refractivity contribution in [2.24, 2.45) is 34.5 Å². The molecule has 0 aromatic heterocycles. The number of Topliss-reactive ketones (excluding diaryl/α,β-unsaturated/α-hetero) is 3. The van der Waals surface area contributed by atoms with Crippen molar-refractivity contribution in [1.82, 2.24) is 0 Å². The number of ether oxygens (including phenoxy) is 1. The third kappa shape index (κ3) is 2.90. The topological polar surface area (TPSA) is 97.7 Å². The lowest BCUT2D eigenvalue weighted by molar-refractivity contribution is -0.179. The van der Waals surface area contributed by atoms with Gasteiger partial charge in [0.05, 0.1) is 4.83 Å². The third-order valence-electron chi connectivity index (χ3n) is 9.22. The molecule has 0 amide bonds. The highest BCUT2D eigenvalue weighted by atomic mass is 79.9. The van der Waals surface area contributed by atoms with Crippen LogP contribution in [0.3, 0.4) is 0 Å². The minimum Gasteiger partial charge on any atom is -0.458 e. The Morgan fingerprint density at radius 2 is 1.80 bits per heavy atom. The Kier molecular flexibility index (Phi) is 5.33. The zero-order chi connectivity index (χ0) is 22.1. The number of alkyl halides is 1. The van der Waals surface area contributed by atoms with Crippen LogP contribution < -0.4 is 0 Å². The second-order valence-corrected chi connectivity index (χ2v) is 11.5. The number of carbonyl (C=O) groups excluding carboxylic acids is 4. The van der Waals surface area contributed by atoms with E-state index in [9.17, 15) is 24.3 Å². The molecule has 4 saturated carbocycles. The molecule has 0 saturated heterocycles. The molecule has 0 heterocycles. The van der Waals surface area contributed by atoms with Gasteiger partial charge in [-0.2, -0.15) is 0 Å². The van der Waals surface area contributed by atoms with Crippen molar-refractivity contribution in [3.8, 4) is 0 Å². The van der Waals surface area contributed by atoms with Gasteiger partial charge < -0.3 is 9.84 Å². The first kappa shape index (κ1) is 22.1. The number of fused-ring (bicyclic) bond motifs is 5. The Bertz CT molecular complexity index is 810. The fraction of sp³-hybridized carbons (Fsp3) is 0.826. The van der Waals surface area contributed by atoms with Crippen molar-refractivity contribution in [1.29, 1.82) is 0 Å². The predicted molar refractivity (Wildman–Crippen MR) is 112 cm³/mol. The van der Waals surface area contributed by atoms with Gasteiger partial charge in [-0.05, 0) is 55.3 Å². The number of esters is 1. The summed E-state index contributed by atoms with van der Waals surface area (Å²) in [6.45, 7) is 4.82. The molecule has 0 aliphatic heterocycles. The van der Waals surface area contributed by atoms with Crippen molar-refractivity contribution in [3.05, 3.63) is 0 Å². The number of aliphatic hydroxyl groups is 1. The standard InChI is InChI=1S/C23H31BrO6/c1-12(25)30-11-18(28)23(29)9-6-14-13-4-5-15-20(24)16(26)7-8-21(15,2)19(13)17(27)10-22(14,23)3/h13-15,19-20,29H,4-11H2,1-3H3/t13-,14-,15-,19+,20+,21-,22-,23+/m0/s1. The summed E-state index contributed by atoms with van der Waals surface area (Å²) in [5.74, 6) is -0.522. The molecule has 6 nitrogen and oxygen atoms in total. The van der Waals surface area contributed by atoms with E-state index in [1.54, 1.807) is 0 Å². The molecule has 0 aromatic rings. The number of hydrogen-bond acceptors (Lipinski definition) is 6. The summed E-state index contributed by atoms with van der Waals surface area (Å²) in [7, 11) is 0. The van der Waals surface area contributed by atoms with Crippen molar-refractivity contribution >= 4 is 39.2 Å². The SMILES string of the molecule is CC(=O)OCC(=O)[C@]1(O)CC[C@H]2[C@@H]3CC[C@H]4[C@@H](Br)C(=O)CC[C@]4(C)[C@H]3C(=O)C[C@@]21C. The Labute approximate surface area is 185 Å². The van der Waals surface area contributed by atoms with Crippen molar-refractivity contribution in [2.45, 2.75) is 76.1 Å². The maximum atomic E-state index is 13.6. The molecular weight excluding hydrogens is 452 g/mol. The molecule has 4 aliphatic carbocycles. The van der Waals surface area contributed by atoms with Crippen LogP contribution in [0.5, 0.6) is 0 Å². The van der Waals surface area contributed by atoms with Crippen LogP contribution in [0.1, 0.15) is 65.7 Å². The monoisotopic (exact) mass is 482 g/mol. The summed E-state index contributed by atoms with van der Waals surface area (Å²) in [6.07, 6.45) is 4.07. The van der Waals surface area contributed by atoms with Gasteiger partial charge in [0.15, 0.2) is 6.61 Å². The number of hydrogen-bond donors (Lipinski definition) is 1. The van der Waals surface area contributed by atoms with Crippen molar-refractivity contribution in [2.75, 3.05) is 6.61 Å². The number of carbonyl (C=O) groups is 4. The Morgan fingerprint density at radius 1 is 1.10 bits per heavy atom.